The molecule has 5 heteroatoms. The molecule has 1 amide bonds. The van der Waals surface area contributed by atoms with Crippen molar-refractivity contribution in [1.82, 2.24) is 0 Å². The fourth-order valence-corrected chi connectivity index (χ4v) is 2.85. The second-order valence-corrected chi connectivity index (χ2v) is 6.04. The fourth-order valence-electron chi connectivity index (χ4n) is 2.85. The van der Waals surface area contributed by atoms with E-state index in [1.54, 1.807) is 24.3 Å². The van der Waals surface area contributed by atoms with Crippen LogP contribution in [0.5, 0.6) is 0 Å². The quantitative estimate of drug-likeness (QED) is 0.618. The van der Waals surface area contributed by atoms with E-state index in [2.05, 4.69) is 5.32 Å². The first-order valence-corrected chi connectivity index (χ1v) is 8.11. The monoisotopic (exact) mass is 317 g/mol. The lowest BCUT2D eigenvalue weighted by atomic mass is 10.0. The summed E-state index contributed by atoms with van der Waals surface area (Å²) < 4.78 is 5.00. The van der Waals surface area contributed by atoms with Gasteiger partial charge in [0, 0.05) is 17.7 Å². The molecule has 0 aromatic heterocycles. The van der Waals surface area contributed by atoms with Crippen molar-refractivity contribution in [2.45, 2.75) is 45.4 Å². The maximum absolute atomic E-state index is 11.8. The molecule has 0 saturated heterocycles. The van der Waals surface area contributed by atoms with Gasteiger partial charge in [-0.3, -0.25) is 14.4 Å². The number of hydrogen-bond acceptors (Lipinski definition) is 4. The molecular weight excluding hydrogens is 294 g/mol. The van der Waals surface area contributed by atoms with Gasteiger partial charge >= 0.3 is 5.97 Å². The predicted octanol–water partition coefficient (Wildman–Crippen LogP) is 3.34. The van der Waals surface area contributed by atoms with E-state index in [-0.39, 0.29) is 18.4 Å². The molecule has 0 unspecified atom stereocenters. The number of ketones is 1. The van der Waals surface area contributed by atoms with E-state index in [0.29, 0.717) is 23.6 Å². The van der Waals surface area contributed by atoms with E-state index in [4.69, 9.17) is 4.74 Å². The maximum atomic E-state index is 11.8. The smallest absolute Gasteiger partial charge is 0.306 e. The highest BCUT2D eigenvalue weighted by Crippen LogP contribution is 2.28. The van der Waals surface area contributed by atoms with Crippen LogP contribution in [0.1, 0.15) is 55.8 Å². The molecule has 1 aliphatic rings. The summed E-state index contributed by atoms with van der Waals surface area (Å²) in [5, 5.41) is 2.62. The van der Waals surface area contributed by atoms with Crippen LogP contribution in [0, 0.1) is 5.92 Å². The second kappa shape index (κ2) is 8.46. The third-order valence-corrected chi connectivity index (χ3v) is 4.15. The first kappa shape index (κ1) is 17.2. The van der Waals surface area contributed by atoms with Crippen molar-refractivity contribution in [2.24, 2.45) is 5.92 Å². The molecule has 1 aromatic carbocycles. The van der Waals surface area contributed by atoms with Gasteiger partial charge in [0.1, 0.15) is 0 Å². The van der Waals surface area contributed by atoms with E-state index < -0.39 is 5.91 Å². The topological polar surface area (TPSA) is 72.5 Å². The first-order valence-electron chi connectivity index (χ1n) is 8.11. The zero-order valence-corrected chi connectivity index (χ0v) is 13.5. The van der Waals surface area contributed by atoms with E-state index in [1.165, 1.54) is 32.6 Å². The number of carbonyl (C=O) groups is 3. The molecule has 5 nitrogen and oxygen atoms in total. The molecule has 0 spiro atoms. The molecule has 0 radical (unpaired) electrons. The summed E-state index contributed by atoms with van der Waals surface area (Å²) in [5.74, 6) is -0.172. The van der Waals surface area contributed by atoms with E-state index in [9.17, 15) is 14.4 Å². The minimum atomic E-state index is -0.403. The summed E-state index contributed by atoms with van der Waals surface area (Å²) >= 11 is 0. The molecule has 0 aliphatic heterocycles. The molecule has 1 aromatic rings. The average Bonchev–Trinajstić information content (AvgIpc) is 3.04. The normalized spacial score (nSPS) is 14.5. The van der Waals surface area contributed by atoms with Crippen molar-refractivity contribution in [3.63, 3.8) is 0 Å². The zero-order chi connectivity index (χ0) is 16.7. The van der Waals surface area contributed by atoms with Gasteiger partial charge in [-0.2, -0.15) is 0 Å². The standard InChI is InChI=1S/C18H23NO4/c1-13(20)15-7-4-8-16(11-15)19-17(21)12-23-18(22)10-9-14-5-2-3-6-14/h4,7-8,11,14H,2-3,5-6,9-10,12H2,1H3,(H,19,21). The van der Waals surface area contributed by atoms with Crippen LogP contribution in [0.4, 0.5) is 5.69 Å². The van der Waals surface area contributed by atoms with Gasteiger partial charge in [-0.15, -0.1) is 0 Å². The summed E-state index contributed by atoms with van der Waals surface area (Å²) in [7, 11) is 0. The minimum absolute atomic E-state index is 0.0700. The number of amides is 1. The van der Waals surface area contributed by atoms with Crippen molar-refractivity contribution in [3.8, 4) is 0 Å². The number of carbonyl (C=O) groups excluding carboxylic acids is 3. The summed E-state index contributed by atoms with van der Waals surface area (Å²) in [6.07, 6.45) is 6.11. The predicted molar refractivity (Wildman–Crippen MR) is 87.2 cm³/mol. The van der Waals surface area contributed by atoms with Crippen LogP contribution in [0.2, 0.25) is 0 Å². The molecule has 1 saturated carbocycles. The van der Waals surface area contributed by atoms with Crippen LogP contribution in [0.15, 0.2) is 24.3 Å². The third kappa shape index (κ3) is 5.85. The Morgan fingerprint density at radius 3 is 2.65 bits per heavy atom. The summed E-state index contributed by atoms with van der Waals surface area (Å²) in [6, 6.07) is 6.66. The van der Waals surface area contributed by atoms with Gasteiger partial charge in [0.05, 0.1) is 0 Å². The SMILES string of the molecule is CC(=O)c1cccc(NC(=O)COC(=O)CCC2CCCC2)c1. The van der Waals surface area contributed by atoms with Crippen molar-refractivity contribution >= 4 is 23.3 Å². The molecule has 2 rings (SSSR count). The van der Waals surface area contributed by atoms with E-state index in [1.807, 2.05) is 0 Å². The summed E-state index contributed by atoms with van der Waals surface area (Å²) in [4.78, 5) is 34.7. The number of Topliss-reactive ketones (excluding diaryl/α,β-unsaturated/α-hetero) is 1. The van der Waals surface area contributed by atoms with Crippen LogP contribution >= 0.6 is 0 Å². The molecule has 1 aliphatic carbocycles. The average molecular weight is 317 g/mol. The molecule has 0 bridgehead atoms. The number of ether oxygens (including phenoxy) is 1. The van der Waals surface area contributed by atoms with Crippen LogP contribution in [-0.4, -0.2) is 24.3 Å². The van der Waals surface area contributed by atoms with E-state index in [0.717, 1.165) is 6.42 Å². The van der Waals surface area contributed by atoms with Crippen LogP contribution in [0.25, 0.3) is 0 Å². The highest BCUT2D eigenvalue weighted by Gasteiger charge is 2.17. The number of rotatable bonds is 7. The molecule has 0 atom stereocenters. The number of benzene rings is 1. The van der Waals surface area contributed by atoms with Gasteiger partial charge in [-0.1, -0.05) is 37.8 Å². The van der Waals surface area contributed by atoms with Crippen LogP contribution in [-0.2, 0) is 14.3 Å². The van der Waals surface area contributed by atoms with Gasteiger partial charge in [0.2, 0.25) is 0 Å². The highest BCUT2D eigenvalue weighted by atomic mass is 16.5. The lowest BCUT2D eigenvalue weighted by molar-refractivity contribution is -0.147. The van der Waals surface area contributed by atoms with Crippen LogP contribution in [0.3, 0.4) is 0 Å². The van der Waals surface area contributed by atoms with Crippen molar-refractivity contribution in [2.75, 3.05) is 11.9 Å². The Balaban J connectivity index is 1.70. The Morgan fingerprint density at radius 1 is 1.22 bits per heavy atom. The van der Waals surface area contributed by atoms with Gasteiger partial charge in [-0.05, 0) is 31.4 Å². The molecular formula is C18H23NO4. The fraction of sp³-hybridized carbons (Fsp3) is 0.500. The molecule has 124 valence electrons. The molecule has 1 N–H and O–H groups in total. The Kier molecular flexibility index (Phi) is 6.32. The molecule has 23 heavy (non-hydrogen) atoms. The Bertz CT molecular complexity index is 576. The Labute approximate surface area is 136 Å². The molecule has 0 heterocycles. The minimum Gasteiger partial charge on any atom is -0.456 e. The van der Waals surface area contributed by atoms with Gasteiger partial charge < -0.3 is 10.1 Å². The van der Waals surface area contributed by atoms with Gasteiger partial charge in [0.25, 0.3) is 5.91 Å². The van der Waals surface area contributed by atoms with Gasteiger partial charge in [0.15, 0.2) is 12.4 Å². The number of nitrogens with one attached hydrogen (secondary N) is 1. The largest absolute Gasteiger partial charge is 0.456 e. The number of anilines is 1. The highest BCUT2D eigenvalue weighted by molar-refractivity contribution is 5.97. The van der Waals surface area contributed by atoms with Crippen molar-refractivity contribution in [1.29, 1.82) is 0 Å². The number of hydrogen-bond donors (Lipinski definition) is 1. The van der Waals surface area contributed by atoms with Crippen molar-refractivity contribution < 1.29 is 19.1 Å². The number of esters is 1. The van der Waals surface area contributed by atoms with Gasteiger partial charge in [-0.25, -0.2) is 0 Å². The third-order valence-electron chi connectivity index (χ3n) is 4.15. The first-order chi connectivity index (χ1) is 11.0. The van der Waals surface area contributed by atoms with Crippen molar-refractivity contribution in [3.05, 3.63) is 29.8 Å². The zero-order valence-electron chi connectivity index (χ0n) is 13.5. The van der Waals surface area contributed by atoms with Crippen LogP contribution < -0.4 is 5.32 Å². The Hall–Kier alpha value is -2.17. The second-order valence-electron chi connectivity index (χ2n) is 6.04. The summed E-state index contributed by atoms with van der Waals surface area (Å²) in [5.41, 5.74) is 1.04. The lowest BCUT2D eigenvalue weighted by Gasteiger charge is -2.09. The maximum Gasteiger partial charge on any atom is 0.306 e. The lowest BCUT2D eigenvalue weighted by Crippen LogP contribution is -2.21. The molecule has 1 fully saturated rings. The summed E-state index contributed by atoms with van der Waals surface area (Å²) in [6.45, 7) is 1.17. The van der Waals surface area contributed by atoms with E-state index >= 15 is 0 Å². The Morgan fingerprint density at radius 2 is 1.96 bits per heavy atom.